The molecule has 5 rings (SSSR count). The van der Waals surface area contributed by atoms with Gasteiger partial charge in [0.1, 0.15) is 22.8 Å². The van der Waals surface area contributed by atoms with E-state index in [1.54, 1.807) is 38.2 Å². The molecule has 3 aliphatic carbocycles. The summed E-state index contributed by atoms with van der Waals surface area (Å²) in [6.07, 6.45) is 3.19. The number of phenols is 1. The van der Waals surface area contributed by atoms with Crippen LogP contribution < -0.4 is 0 Å². The van der Waals surface area contributed by atoms with Gasteiger partial charge in [0.25, 0.3) is 0 Å². The molecule has 0 spiro atoms. The van der Waals surface area contributed by atoms with Crippen LogP contribution in [0.15, 0.2) is 41.6 Å². The number of aromatic hydroxyl groups is 1. The Morgan fingerprint density at radius 1 is 1.18 bits per heavy atom. The van der Waals surface area contributed by atoms with E-state index in [2.05, 4.69) is 4.98 Å². The maximum atomic E-state index is 13.9. The fraction of sp³-hybridized carbons (Fsp3) is 0.393. The predicted molar refractivity (Wildman–Crippen MR) is 137 cm³/mol. The largest absolute Gasteiger partial charge is 0.508 e. The lowest BCUT2D eigenvalue weighted by atomic mass is 9.57. The van der Waals surface area contributed by atoms with Crippen LogP contribution in [0.25, 0.3) is 5.76 Å². The lowest BCUT2D eigenvalue weighted by molar-refractivity contribution is -0.153. The number of fused-ring (bicyclic) bond motifs is 3. The number of benzene rings is 1. The lowest BCUT2D eigenvalue weighted by Crippen LogP contribution is -2.65. The Morgan fingerprint density at radius 2 is 1.87 bits per heavy atom. The number of aromatic nitrogens is 2. The average molecular weight is 536 g/mol. The van der Waals surface area contributed by atoms with E-state index in [1.807, 2.05) is 0 Å². The van der Waals surface area contributed by atoms with Gasteiger partial charge in [-0.05, 0) is 57.5 Å². The van der Waals surface area contributed by atoms with Crippen molar-refractivity contribution in [1.29, 1.82) is 0 Å². The zero-order valence-electron chi connectivity index (χ0n) is 21.9. The number of Topliss-reactive ketones (excluding diaryl/α,β-unsaturated/α-hetero) is 4. The standard InChI is InChI=1S/C28H29N3O8/c1-12(32)20-25(36)23(30(2)3)17-8-13-7-16-15(19(34)9-14-10-29-11-31(14)4)5-6-18(33)22(16)24(35)21(13)27(38)28(17,39)26(20)37/h5-6,10-11,13,17,23,33,35,37,39H,7-9H2,1-4H3/t13-,17-,23-,28+/m0/s1. The molecule has 1 heterocycles. The van der Waals surface area contributed by atoms with Crippen LogP contribution >= 0.6 is 0 Å². The van der Waals surface area contributed by atoms with Crippen molar-refractivity contribution in [3.63, 3.8) is 0 Å². The molecule has 0 amide bonds. The van der Waals surface area contributed by atoms with Gasteiger partial charge in [-0.1, -0.05) is 0 Å². The Balaban J connectivity index is 1.67. The Bertz CT molecular complexity index is 1530. The zero-order chi connectivity index (χ0) is 28.5. The minimum absolute atomic E-state index is 0.0146. The predicted octanol–water partition coefficient (Wildman–Crippen LogP) is 1.23. The van der Waals surface area contributed by atoms with E-state index >= 15 is 0 Å². The van der Waals surface area contributed by atoms with Gasteiger partial charge >= 0.3 is 0 Å². The van der Waals surface area contributed by atoms with Crippen molar-refractivity contribution in [3.8, 4) is 5.75 Å². The van der Waals surface area contributed by atoms with Crippen molar-refractivity contribution in [2.24, 2.45) is 18.9 Å². The number of hydrogen-bond donors (Lipinski definition) is 4. The van der Waals surface area contributed by atoms with E-state index in [1.165, 1.54) is 17.0 Å². The molecule has 0 aliphatic heterocycles. The van der Waals surface area contributed by atoms with Crippen LogP contribution in [0.1, 0.15) is 40.5 Å². The normalized spacial score (nSPS) is 26.5. The smallest absolute Gasteiger partial charge is 0.202 e. The molecule has 2 aromatic rings. The van der Waals surface area contributed by atoms with Gasteiger partial charge in [0.05, 0.1) is 24.4 Å². The Morgan fingerprint density at radius 3 is 2.46 bits per heavy atom. The van der Waals surface area contributed by atoms with Gasteiger partial charge in [-0.25, -0.2) is 4.98 Å². The average Bonchev–Trinajstić information content (AvgIpc) is 3.25. The van der Waals surface area contributed by atoms with E-state index in [9.17, 15) is 39.6 Å². The van der Waals surface area contributed by atoms with Gasteiger partial charge in [-0.15, -0.1) is 0 Å². The summed E-state index contributed by atoms with van der Waals surface area (Å²) in [6, 6.07) is 1.62. The van der Waals surface area contributed by atoms with E-state index in [0.29, 0.717) is 11.3 Å². The van der Waals surface area contributed by atoms with Gasteiger partial charge in [-0.2, -0.15) is 0 Å². The van der Waals surface area contributed by atoms with Crippen LogP contribution in [-0.4, -0.2) is 83.7 Å². The second-order valence-corrected chi connectivity index (χ2v) is 10.7. The number of nitrogens with zero attached hydrogens (tertiary/aromatic N) is 3. The number of hydrogen-bond acceptors (Lipinski definition) is 10. The summed E-state index contributed by atoms with van der Waals surface area (Å²) in [4.78, 5) is 58.3. The number of rotatable bonds is 5. The molecule has 1 fully saturated rings. The van der Waals surface area contributed by atoms with Gasteiger partial charge in [0.15, 0.2) is 23.0 Å². The van der Waals surface area contributed by atoms with Crippen LogP contribution in [0.5, 0.6) is 5.75 Å². The molecule has 4 N–H and O–H groups in total. The maximum Gasteiger partial charge on any atom is 0.202 e. The molecule has 4 atom stereocenters. The summed E-state index contributed by atoms with van der Waals surface area (Å²) in [6.45, 7) is 1.06. The highest BCUT2D eigenvalue weighted by Gasteiger charge is 2.64. The number of aliphatic hydroxyl groups is 3. The molecule has 0 saturated heterocycles. The Hall–Kier alpha value is -4.09. The molecule has 0 radical (unpaired) electrons. The van der Waals surface area contributed by atoms with Crippen LogP contribution in [0.4, 0.5) is 0 Å². The second kappa shape index (κ2) is 8.99. The number of ketones is 4. The molecule has 1 saturated carbocycles. The van der Waals surface area contributed by atoms with Crippen molar-refractivity contribution >= 4 is 28.9 Å². The quantitative estimate of drug-likeness (QED) is 0.322. The SMILES string of the molecule is CC(=O)C1=C(O)[C@@]2(O)C(=O)C3=C(O)c4c(O)ccc(C(=O)Cc5cncn5C)c4C[C@H]3C[C@H]2[C@H](N(C)C)C1=O. The molecule has 1 aromatic heterocycles. The monoisotopic (exact) mass is 535 g/mol. The first-order valence-corrected chi connectivity index (χ1v) is 12.5. The third kappa shape index (κ3) is 3.68. The summed E-state index contributed by atoms with van der Waals surface area (Å²) < 4.78 is 1.71. The lowest BCUT2D eigenvalue weighted by Gasteiger charge is -2.50. The second-order valence-electron chi connectivity index (χ2n) is 10.7. The minimum atomic E-state index is -2.64. The summed E-state index contributed by atoms with van der Waals surface area (Å²) >= 11 is 0. The van der Waals surface area contributed by atoms with Crippen LogP contribution in [0, 0.1) is 11.8 Å². The molecule has 39 heavy (non-hydrogen) atoms. The van der Waals surface area contributed by atoms with Gasteiger partial charge in [0, 0.05) is 36.0 Å². The number of aryl methyl sites for hydroxylation is 1. The number of aliphatic hydroxyl groups excluding tert-OH is 2. The third-order valence-corrected chi connectivity index (χ3v) is 8.27. The zero-order valence-corrected chi connectivity index (χ0v) is 21.9. The molecule has 0 bridgehead atoms. The molecule has 11 nitrogen and oxygen atoms in total. The molecular formula is C28H29N3O8. The fourth-order valence-corrected chi connectivity index (χ4v) is 6.42. The summed E-state index contributed by atoms with van der Waals surface area (Å²) in [7, 11) is 4.89. The Kier molecular flexibility index (Phi) is 6.11. The van der Waals surface area contributed by atoms with Crippen LogP contribution in [0.3, 0.4) is 0 Å². The van der Waals surface area contributed by atoms with Crippen molar-refractivity contribution in [3.05, 3.63) is 63.9 Å². The van der Waals surface area contributed by atoms with Gasteiger partial charge in [0.2, 0.25) is 5.78 Å². The van der Waals surface area contributed by atoms with Crippen molar-refractivity contribution in [2.75, 3.05) is 14.1 Å². The van der Waals surface area contributed by atoms with Gasteiger partial charge in [-0.3, -0.25) is 24.1 Å². The van der Waals surface area contributed by atoms with Crippen molar-refractivity contribution < 1.29 is 39.6 Å². The number of carbonyl (C=O) groups excluding carboxylic acids is 4. The van der Waals surface area contributed by atoms with E-state index in [4.69, 9.17) is 0 Å². The maximum absolute atomic E-state index is 13.9. The first-order chi connectivity index (χ1) is 18.3. The molecule has 1 aromatic carbocycles. The first kappa shape index (κ1) is 26.5. The van der Waals surface area contributed by atoms with E-state index in [-0.39, 0.29) is 47.5 Å². The Labute approximate surface area is 223 Å². The highest BCUT2D eigenvalue weighted by Crippen LogP contribution is 2.53. The molecule has 204 valence electrons. The molecule has 3 aliphatic rings. The van der Waals surface area contributed by atoms with Crippen LogP contribution in [-0.2, 0) is 34.3 Å². The summed E-state index contributed by atoms with van der Waals surface area (Å²) in [5.41, 5.74) is -2.35. The number of phenolic OH excluding ortho intramolecular Hbond substituents is 1. The molecule has 11 heteroatoms. The first-order valence-electron chi connectivity index (χ1n) is 12.5. The van der Waals surface area contributed by atoms with Gasteiger partial charge < -0.3 is 25.0 Å². The highest BCUT2D eigenvalue weighted by atomic mass is 16.3. The number of carbonyl (C=O) groups is 4. The van der Waals surface area contributed by atoms with Crippen molar-refractivity contribution in [1.82, 2.24) is 14.5 Å². The summed E-state index contributed by atoms with van der Waals surface area (Å²) in [5.74, 6) is -6.70. The van der Waals surface area contributed by atoms with Crippen molar-refractivity contribution in [2.45, 2.75) is 37.8 Å². The van der Waals surface area contributed by atoms with E-state index < -0.39 is 57.9 Å². The molecular weight excluding hydrogens is 506 g/mol. The molecule has 0 unspecified atom stereocenters. The fourth-order valence-electron chi connectivity index (χ4n) is 6.42. The van der Waals surface area contributed by atoms with E-state index in [0.717, 1.165) is 6.92 Å². The number of likely N-dealkylation sites (N-methyl/N-ethyl adjacent to an activating group) is 1. The summed E-state index contributed by atoms with van der Waals surface area (Å²) in [5, 5.41) is 44.7. The highest BCUT2D eigenvalue weighted by molar-refractivity contribution is 6.25. The van der Waals surface area contributed by atoms with Crippen LogP contribution in [0.2, 0.25) is 0 Å². The topological polar surface area (TPSA) is 170 Å². The third-order valence-electron chi connectivity index (χ3n) is 8.27. The minimum Gasteiger partial charge on any atom is -0.508 e. The number of imidazole rings is 1.